The molecule has 0 unspecified atom stereocenters. The van der Waals surface area contributed by atoms with Crippen molar-refractivity contribution in [3.05, 3.63) is 29.8 Å². The first-order valence-electron chi connectivity index (χ1n) is 9.13. The predicted molar refractivity (Wildman–Crippen MR) is 96.2 cm³/mol. The van der Waals surface area contributed by atoms with Gasteiger partial charge in [-0.2, -0.15) is 13.2 Å². The Morgan fingerprint density at radius 2 is 1.64 bits per heavy atom. The van der Waals surface area contributed by atoms with Gasteiger partial charge in [0.15, 0.2) is 0 Å². The van der Waals surface area contributed by atoms with Crippen molar-refractivity contribution in [3.8, 4) is 5.75 Å². The van der Waals surface area contributed by atoms with Gasteiger partial charge in [0, 0.05) is 13.1 Å². The van der Waals surface area contributed by atoms with Gasteiger partial charge < -0.3 is 20.3 Å². The molecule has 1 aromatic rings. The lowest BCUT2D eigenvalue weighted by atomic mass is 9.90. The van der Waals surface area contributed by atoms with Crippen molar-refractivity contribution in [2.75, 3.05) is 13.2 Å². The zero-order valence-corrected chi connectivity index (χ0v) is 15.5. The summed E-state index contributed by atoms with van der Waals surface area (Å²) in [6.07, 6.45) is 1.73. The van der Waals surface area contributed by atoms with Gasteiger partial charge in [-0.3, -0.25) is 4.79 Å². The molecule has 9 heteroatoms. The van der Waals surface area contributed by atoms with Crippen LogP contribution >= 0.6 is 0 Å². The number of alkyl halides is 3. The first-order chi connectivity index (χ1) is 13.2. The molecule has 6 nitrogen and oxygen atoms in total. The number of hydrogen-bond acceptors (Lipinski definition) is 4. The van der Waals surface area contributed by atoms with Crippen LogP contribution in [0.25, 0.3) is 0 Å². The van der Waals surface area contributed by atoms with E-state index in [2.05, 4.69) is 5.32 Å². The molecule has 0 spiro atoms. The standard InChI is InChI=1S/C17H25NO3.C2HF3O2/c19-17(20)10-11-18-12-14-6-8-16(9-7-14)21-13-15-4-2-1-3-5-15;3-2(4,5)1(6)7/h6-9,15,18H,1-5,10-13H2,(H,19,20);(H,6,7). The highest BCUT2D eigenvalue weighted by atomic mass is 19.4. The molecule has 0 radical (unpaired) electrons. The molecule has 0 aromatic heterocycles. The van der Waals surface area contributed by atoms with Crippen LogP contribution in [0.4, 0.5) is 13.2 Å². The van der Waals surface area contributed by atoms with Crippen LogP contribution in [0.1, 0.15) is 44.1 Å². The molecule has 2 rings (SSSR count). The van der Waals surface area contributed by atoms with Gasteiger partial charge >= 0.3 is 18.1 Å². The van der Waals surface area contributed by atoms with Crippen LogP contribution in [-0.2, 0) is 16.1 Å². The first-order valence-corrected chi connectivity index (χ1v) is 9.13. The van der Waals surface area contributed by atoms with Crippen LogP contribution in [0, 0.1) is 5.92 Å². The van der Waals surface area contributed by atoms with Crippen LogP contribution in [0.3, 0.4) is 0 Å². The third-order valence-electron chi connectivity index (χ3n) is 4.22. The first kappa shape index (κ1) is 23.7. The highest BCUT2D eigenvalue weighted by Gasteiger charge is 2.38. The fraction of sp³-hybridized carbons (Fsp3) is 0.579. The summed E-state index contributed by atoms with van der Waals surface area (Å²) in [6.45, 7) is 2.02. The van der Waals surface area contributed by atoms with E-state index in [-0.39, 0.29) is 6.42 Å². The minimum atomic E-state index is -5.08. The monoisotopic (exact) mass is 405 g/mol. The minimum Gasteiger partial charge on any atom is -0.493 e. The molecular formula is C19H26F3NO5. The molecule has 1 aliphatic rings. The molecule has 158 valence electrons. The average molecular weight is 405 g/mol. The number of carboxylic acids is 2. The maximum absolute atomic E-state index is 10.6. The zero-order valence-electron chi connectivity index (χ0n) is 15.5. The molecule has 1 aliphatic carbocycles. The number of benzene rings is 1. The van der Waals surface area contributed by atoms with Crippen LogP contribution < -0.4 is 10.1 Å². The number of carboxylic acid groups (broad SMARTS) is 2. The summed E-state index contributed by atoms with van der Waals surface area (Å²) >= 11 is 0. The second kappa shape index (κ2) is 12.2. The smallest absolute Gasteiger partial charge is 0.490 e. The lowest BCUT2D eigenvalue weighted by molar-refractivity contribution is -0.192. The molecule has 3 N–H and O–H groups in total. The quantitative estimate of drug-likeness (QED) is 0.569. The molecule has 28 heavy (non-hydrogen) atoms. The van der Waals surface area contributed by atoms with Crippen LogP contribution in [0.5, 0.6) is 5.75 Å². The molecule has 1 saturated carbocycles. The van der Waals surface area contributed by atoms with Crippen LogP contribution in [0.2, 0.25) is 0 Å². The Kier molecular flexibility index (Phi) is 10.4. The number of ether oxygens (including phenoxy) is 1. The van der Waals surface area contributed by atoms with Gasteiger partial charge in [-0.15, -0.1) is 0 Å². The number of carbonyl (C=O) groups is 2. The topological polar surface area (TPSA) is 95.9 Å². The molecule has 0 atom stereocenters. The normalized spacial score (nSPS) is 14.7. The Labute approximate surface area is 161 Å². The number of nitrogens with one attached hydrogen (secondary N) is 1. The van der Waals surface area contributed by atoms with Crippen molar-refractivity contribution >= 4 is 11.9 Å². The second-order valence-corrected chi connectivity index (χ2v) is 6.58. The van der Waals surface area contributed by atoms with Crippen molar-refractivity contribution in [2.24, 2.45) is 5.92 Å². The van der Waals surface area contributed by atoms with Crippen LogP contribution in [-0.4, -0.2) is 41.5 Å². The van der Waals surface area contributed by atoms with E-state index < -0.39 is 18.1 Å². The Balaban J connectivity index is 0.000000480. The summed E-state index contributed by atoms with van der Waals surface area (Å²) in [6, 6.07) is 8.06. The van der Waals surface area contributed by atoms with Crippen molar-refractivity contribution < 1.29 is 37.7 Å². The number of aliphatic carboxylic acids is 2. The van der Waals surface area contributed by atoms with Crippen LogP contribution in [0.15, 0.2) is 24.3 Å². The van der Waals surface area contributed by atoms with E-state index in [4.69, 9.17) is 19.7 Å². The fourth-order valence-corrected chi connectivity index (χ4v) is 2.70. The average Bonchev–Trinajstić information content (AvgIpc) is 2.65. The SMILES string of the molecule is O=C(O)C(F)(F)F.O=C(O)CCNCc1ccc(OCC2CCCCC2)cc1. The van der Waals surface area contributed by atoms with E-state index in [1.54, 1.807) is 0 Å². The van der Waals surface area contributed by atoms with Gasteiger partial charge in [-0.05, 0) is 36.5 Å². The summed E-state index contributed by atoms with van der Waals surface area (Å²) in [5, 5.41) is 18.8. The fourth-order valence-electron chi connectivity index (χ4n) is 2.70. The maximum atomic E-state index is 10.6. The predicted octanol–water partition coefficient (Wildman–Crippen LogP) is 3.84. The number of hydrogen-bond donors (Lipinski definition) is 3. The molecule has 1 fully saturated rings. The third kappa shape index (κ3) is 10.8. The lowest BCUT2D eigenvalue weighted by Gasteiger charge is -2.21. The zero-order chi connectivity index (χ0) is 21.0. The molecule has 0 saturated heterocycles. The number of halogens is 3. The molecule has 1 aromatic carbocycles. The van der Waals surface area contributed by atoms with E-state index in [1.807, 2.05) is 24.3 Å². The Hall–Kier alpha value is -2.29. The summed E-state index contributed by atoms with van der Waals surface area (Å²) in [5.74, 6) is -1.88. The molecule has 0 aliphatic heterocycles. The van der Waals surface area contributed by atoms with E-state index in [1.165, 1.54) is 32.1 Å². The molecule has 0 bridgehead atoms. The van der Waals surface area contributed by atoms with E-state index in [0.29, 0.717) is 13.1 Å². The van der Waals surface area contributed by atoms with Gasteiger partial charge in [-0.1, -0.05) is 31.4 Å². The molecule has 0 heterocycles. The van der Waals surface area contributed by atoms with Gasteiger partial charge in [0.05, 0.1) is 13.0 Å². The Bertz CT molecular complexity index is 599. The van der Waals surface area contributed by atoms with E-state index in [9.17, 15) is 18.0 Å². The summed E-state index contributed by atoms with van der Waals surface area (Å²) in [5.41, 5.74) is 1.14. The minimum absolute atomic E-state index is 0.155. The van der Waals surface area contributed by atoms with Crippen molar-refractivity contribution in [2.45, 2.75) is 51.2 Å². The van der Waals surface area contributed by atoms with Gasteiger partial charge in [0.25, 0.3) is 0 Å². The third-order valence-corrected chi connectivity index (χ3v) is 4.22. The largest absolute Gasteiger partial charge is 0.493 e. The Morgan fingerprint density at radius 3 is 2.14 bits per heavy atom. The van der Waals surface area contributed by atoms with Gasteiger partial charge in [0.1, 0.15) is 5.75 Å². The highest BCUT2D eigenvalue weighted by Crippen LogP contribution is 2.24. The molecular weight excluding hydrogens is 379 g/mol. The maximum Gasteiger partial charge on any atom is 0.490 e. The number of rotatable bonds is 8. The summed E-state index contributed by atoms with van der Waals surface area (Å²) < 4.78 is 37.6. The van der Waals surface area contributed by atoms with E-state index in [0.717, 1.165) is 23.8 Å². The van der Waals surface area contributed by atoms with Gasteiger partial charge in [0.2, 0.25) is 0 Å². The summed E-state index contributed by atoms with van der Waals surface area (Å²) in [4.78, 5) is 19.3. The Morgan fingerprint density at radius 1 is 1.07 bits per heavy atom. The summed E-state index contributed by atoms with van der Waals surface area (Å²) in [7, 11) is 0. The van der Waals surface area contributed by atoms with Gasteiger partial charge in [-0.25, -0.2) is 4.79 Å². The molecule has 0 amide bonds. The second-order valence-electron chi connectivity index (χ2n) is 6.58. The highest BCUT2D eigenvalue weighted by molar-refractivity contribution is 5.73. The van der Waals surface area contributed by atoms with Crippen molar-refractivity contribution in [3.63, 3.8) is 0 Å². The van der Waals surface area contributed by atoms with E-state index >= 15 is 0 Å². The van der Waals surface area contributed by atoms with Crippen molar-refractivity contribution in [1.29, 1.82) is 0 Å². The van der Waals surface area contributed by atoms with Crippen molar-refractivity contribution in [1.82, 2.24) is 5.32 Å². The lowest BCUT2D eigenvalue weighted by Crippen LogP contribution is -2.21.